The zero-order valence-electron chi connectivity index (χ0n) is 11.0. The molecule has 0 aromatic heterocycles. The van der Waals surface area contributed by atoms with E-state index in [9.17, 15) is 0 Å². The molecule has 0 spiro atoms. The van der Waals surface area contributed by atoms with Gasteiger partial charge in [-0.15, -0.1) is 0 Å². The van der Waals surface area contributed by atoms with Crippen molar-refractivity contribution in [3.63, 3.8) is 0 Å². The number of nitrogens with one attached hydrogen (secondary N) is 1. The highest BCUT2D eigenvalue weighted by Crippen LogP contribution is 2.41. The first-order chi connectivity index (χ1) is 8.76. The van der Waals surface area contributed by atoms with E-state index in [1.165, 1.54) is 42.1 Å². The molecule has 0 radical (unpaired) electrons. The van der Waals surface area contributed by atoms with Crippen molar-refractivity contribution in [2.45, 2.75) is 57.0 Å². The molecule has 0 amide bonds. The SMILES string of the molecule is CCCC1CC1NC1CC(c2ccc(Br)cc2)C1. The summed E-state index contributed by atoms with van der Waals surface area (Å²) in [6.45, 7) is 2.29. The molecule has 1 aromatic carbocycles. The highest BCUT2D eigenvalue weighted by Gasteiger charge is 2.40. The summed E-state index contributed by atoms with van der Waals surface area (Å²) in [4.78, 5) is 0. The van der Waals surface area contributed by atoms with Gasteiger partial charge in [-0.1, -0.05) is 41.4 Å². The van der Waals surface area contributed by atoms with Crippen LogP contribution >= 0.6 is 15.9 Å². The summed E-state index contributed by atoms with van der Waals surface area (Å²) in [6.07, 6.45) is 6.84. The summed E-state index contributed by atoms with van der Waals surface area (Å²) >= 11 is 3.50. The number of halogens is 1. The van der Waals surface area contributed by atoms with Gasteiger partial charge in [0.1, 0.15) is 0 Å². The molecule has 0 heterocycles. The van der Waals surface area contributed by atoms with Crippen LogP contribution in [0.1, 0.15) is 50.5 Å². The van der Waals surface area contributed by atoms with E-state index >= 15 is 0 Å². The second-order valence-corrected chi connectivity index (χ2v) is 6.89. The van der Waals surface area contributed by atoms with Crippen molar-refractivity contribution in [3.8, 4) is 0 Å². The molecule has 2 saturated carbocycles. The molecular weight excluding hydrogens is 286 g/mol. The van der Waals surface area contributed by atoms with Crippen LogP contribution in [-0.4, -0.2) is 12.1 Å². The smallest absolute Gasteiger partial charge is 0.0175 e. The lowest BCUT2D eigenvalue weighted by atomic mass is 9.76. The van der Waals surface area contributed by atoms with Gasteiger partial charge in [0.05, 0.1) is 0 Å². The summed E-state index contributed by atoms with van der Waals surface area (Å²) in [7, 11) is 0. The van der Waals surface area contributed by atoms with E-state index < -0.39 is 0 Å². The first kappa shape index (κ1) is 12.7. The van der Waals surface area contributed by atoms with Gasteiger partial charge in [-0.3, -0.25) is 0 Å². The van der Waals surface area contributed by atoms with Crippen LogP contribution in [0.25, 0.3) is 0 Å². The van der Waals surface area contributed by atoms with Gasteiger partial charge in [-0.25, -0.2) is 0 Å². The van der Waals surface area contributed by atoms with Crippen LogP contribution in [0.2, 0.25) is 0 Å². The Balaban J connectivity index is 1.42. The molecule has 2 aliphatic carbocycles. The van der Waals surface area contributed by atoms with Gasteiger partial charge in [-0.2, -0.15) is 0 Å². The Hall–Kier alpha value is -0.340. The van der Waals surface area contributed by atoms with Gasteiger partial charge in [0.25, 0.3) is 0 Å². The van der Waals surface area contributed by atoms with Crippen LogP contribution in [0.15, 0.2) is 28.7 Å². The normalized spacial score (nSPS) is 34.1. The number of hydrogen-bond acceptors (Lipinski definition) is 1. The molecule has 2 aliphatic rings. The maximum Gasteiger partial charge on any atom is 0.0175 e. The largest absolute Gasteiger partial charge is 0.311 e. The quantitative estimate of drug-likeness (QED) is 0.846. The van der Waals surface area contributed by atoms with E-state index in [-0.39, 0.29) is 0 Å². The minimum Gasteiger partial charge on any atom is -0.311 e. The fourth-order valence-corrected chi connectivity index (χ4v) is 3.47. The number of benzene rings is 1. The summed E-state index contributed by atoms with van der Waals surface area (Å²) in [5.41, 5.74) is 1.51. The molecule has 2 atom stereocenters. The summed E-state index contributed by atoms with van der Waals surface area (Å²) < 4.78 is 1.18. The van der Waals surface area contributed by atoms with E-state index in [0.717, 1.165) is 23.9 Å². The van der Waals surface area contributed by atoms with Crippen molar-refractivity contribution in [2.24, 2.45) is 5.92 Å². The maximum atomic E-state index is 3.83. The van der Waals surface area contributed by atoms with Gasteiger partial charge in [0.15, 0.2) is 0 Å². The molecule has 0 bridgehead atoms. The topological polar surface area (TPSA) is 12.0 Å². The van der Waals surface area contributed by atoms with E-state index in [0.29, 0.717) is 0 Å². The second-order valence-electron chi connectivity index (χ2n) is 5.97. The lowest BCUT2D eigenvalue weighted by Gasteiger charge is -2.36. The van der Waals surface area contributed by atoms with Crippen molar-refractivity contribution < 1.29 is 0 Å². The molecule has 18 heavy (non-hydrogen) atoms. The first-order valence-corrected chi connectivity index (χ1v) is 8.07. The predicted molar refractivity (Wildman–Crippen MR) is 79.8 cm³/mol. The number of rotatable bonds is 5. The van der Waals surface area contributed by atoms with Crippen LogP contribution < -0.4 is 5.32 Å². The second kappa shape index (κ2) is 5.34. The van der Waals surface area contributed by atoms with Crippen molar-refractivity contribution in [1.29, 1.82) is 0 Å². The van der Waals surface area contributed by atoms with E-state index in [1.54, 1.807) is 0 Å². The van der Waals surface area contributed by atoms with Crippen LogP contribution in [-0.2, 0) is 0 Å². The Morgan fingerprint density at radius 1 is 1.17 bits per heavy atom. The summed E-state index contributed by atoms with van der Waals surface area (Å²) in [5.74, 6) is 1.78. The van der Waals surface area contributed by atoms with E-state index in [1.807, 2.05) is 0 Å². The maximum absolute atomic E-state index is 3.83. The molecule has 1 N–H and O–H groups in total. The fourth-order valence-electron chi connectivity index (χ4n) is 3.21. The highest BCUT2D eigenvalue weighted by atomic mass is 79.9. The van der Waals surface area contributed by atoms with Gasteiger partial charge in [0.2, 0.25) is 0 Å². The molecule has 2 heteroatoms. The molecule has 3 rings (SSSR count). The minimum absolute atomic E-state index is 0.783. The molecule has 98 valence electrons. The Morgan fingerprint density at radius 2 is 1.89 bits per heavy atom. The van der Waals surface area contributed by atoms with E-state index in [4.69, 9.17) is 0 Å². The lowest BCUT2D eigenvalue weighted by molar-refractivity contribution is 0.284. The lowest BCUT2D eigenvalue weighted by Crippen LogP contribution is -2.41. The van der Waals surface area contributed by atoms with Crippen molar-refractivity contribution >= 4 is 15.9 Å². The third-order valence-corrected chi connectivity index (χ3v) is 5.04. The fraction of sp³-hybridized carbons (Fsp3) is 0.625. The number of hydrogen-bond donors (Lipinski definition) is 1. The van der Waals surface area contributed by atoms with Gasteiger partial charge >= 0.3 is 0 Å². The Bertz CT molecular complexity index is 394. The standard InChI is InChI=1S/C16H22BrN/c1-2-3-12-10-16(12)18-15-8-13(9-15)11-4-6-14(17)7-5-11/h4-7,12-13,15-16,18H,2-3,8-10H2,1H3. The van der Waals surface area contributed by atoms with Crippen LogP contribution in [0.4, 0.5) is 0 Å². The third-order valence-electron chi connectivity index (χ3n) is 4.51. The van der Waals surface area contributed by atoms with Crippen molar-refractivity contribution in [2.75, 3.05) is 0 Å². The van der Waals surface area contributed by atoms with Crippen molar-refractivity contribution in [1.82, 2.24) is 5.32 Å². The summed E-state index contributed by atoms with van der Waals surface area (Å²) in [6, 6.07) is 10.5. The molecule has 0 saturated heterocycles. The highest BCUT2D eigenvalue weighted by molar-refractivity contribution is 9.10. The monoisotopic (exact) mass is 307 g/mol. The minimum atomic E-state index is 0.783. The van der Waals surface area contributed by atoms with Gasteiger partial charge < -0.3 is 5.32 Å². The molecule has 2 fully saturated rings. The zero-order valence-corrected chi connectivity index (χ0v) is 12.6. The van der Waals surface area contributed by atoms with Gasteiger partial charge in [-0.05, 0) is 55.2 Å². The van der Waals surface area contributed by atoms with Crippen LogP contribution in [0, 0.1) is 5.92 Å². The van der Waals surface area contributed by atoms with Crippen LogP contribution in [0.3, 0.4) is 0 Å². The van der Waals surface area contributed by atoms with Crippen LogP contribution in [0.5, 0.6) is 0 Å². The predicted octanol–water partition coefficient (Wildman–Crippen LogP) is 4.47. The molecule has 2 unspecified atom stereocenters. The summed E-state index contributed by atoms with van der Waals surface area (Å²) in [5, 5.41) is 3.83. The van der Waals surface area contributed by atoms with E-state index in [2.05, 4.69) is 52.4 Å². The average molecular weight is 308 g/mol. The molecule has 1 aromatic rings. The molecular formula is C16H22BrN. The third kappa shape index (κ3) is 2.80. The Morgan fingerprint density at radius 3 is 2.56 bits per heavy atom. The first-order valence-electron chi connectivity index (χ1n) is 7.27. The van der Waals surface area contributed by atoms with Gasteiger partial charge in [0, 0.05) is 16.6 Å². The average Bonchev–Trinajstić information content (AvgIpc) is 3.04. The Labute approximate surface area is 118 Å². The zero-order chi connectivity index (χ0) is 12.5. The Kier molecular flexibility index (Phi) is 3.76. The molecule has 1 nitrogen and oxygen atoms in total. The van der Waals surface area contributed by atoms with Crippen molar-refractivity contribution in [3.05, 3.63) is 34.3 Å². The molecule has 0 aliphatic heterocycles.